The van der Waals surface area contributed by atoms with Crippen LogP contribution in [0.4, 0.5) is 0 Å². The number of likely N-dealkylation sites (N-methyl/N-ethyl adjacent to an activating group) is 1. The average Bonchev–Trinajstić information content (AvgIpc) is 2.41. The summed E-state index contributed by atoms with van der Waals surface area (Å²) in [6.07, 6.45) is 0.965. The molecule has 1 unspecified atom stereocenters. The predicted molar refractivity (Wildman–Crippen MR) is 61.6 cm³/mol. The molecule has 0 saturated carbocycles. The molecule has 0 aromatic carbocycles. The lowest BCUT2D eigenvalue weighted by atomic mass is 10.1. The van der Waals surface area contributed by atoms with E-state index in [1.807, 2.05) is 7.05 Å². The standard InChI is InChI=1S/C11H22N2O3/c1-12-5-6-13(4-3-7-16-2)9-10(8-12)11(14)15/h10H,3-9H2,1-2H3,(H,14,15). The van der Waals surface area contributed by atoms with Gasteiger partial charge in [0.05, 0.1) is 5.92 Å². The summed E-state index contributed by atoms with van der Waals surface area (Å²) in [7, 11) is 3.67. The van der Waals surface area contributed by atoms with E-state index in [4.69, 9.17) is 9.84 Å². The maximum atomic E-state index is 11.1. The number of methoxy groups -OCH3 is 1. The Morgan fingerprint density at radius 3 is 2.81 bits per heavy atom. The topological polar surface area (TPSA) is 53.0 Å². The van der Waals surface area contributed by atoms with Crippen LogP contribution in [0, 0.1) is 5.92 Å². The van der Waals surface area contributed by atoms with Crippen LogP contribution in [0.1, 0.15) is 6.42 Å². The summed E-state index contributed by atoms with van der Waals surface area (Å²) in [4.78, 5) is 15.4. The Labute approximate surface area is 97.0 Å². The van der Waals surface area contributed by atoms with Crippen LogP contribution in [0.25, 0.3) is 0 Å². The Morgan fingerprint density at radius 2 is 2.19 bits per heavy atom. The second-order valence-electron chi connectivity index (χ2n) is 4.44. The first-order chi connectivity index (χ1) is 7.63. The van der Waals surface area contributed by atoms with Crippen LogP contribution in [0.2, 0.25) is 0 Å². The molecule has 1 aliphatic heterocycles. The second-order valence-corrected chi connectivity index (χ2v) is 4.44. The van der Waals surface area contributed by atoms with Crippen LogP contribution in [-0.2, 0) is 9.53 Å². The molecule has 0 aromatic heterocycles. The molecule has 1 heterocycles. The van der Waals surface area contributed by atoms with Gasteiger partial charge in [-0.05, 0) is 13.5 Å². The number of aliphatic carboxylic acids is 1. The molecule has 0 aromatic rings. The zero-order valence-corrected chi connectivity index (χ0v) is 10.2. The van der Waals surface area contributed by atoms with E-state index >= 15 is 0 Å². The highest BCUT2D eigenvalue weighted by atomic mass is 16.5. The molecule has 0 aliphatic carbocycles. The zero-order chi connectivity index (χ0) is 12.0. The van der Waals surface area contributed by atoms with Gasteiger partial charge in [-0.25, -0.2) is 0 Å². The molecule has 16 heavy (non-hydrogen) atoms. The number of nitrogens with zero attached hydrogens (tertiary/aromatic N) is 2. The van der Waals surface area contributed by atoms with E-state index in [1.165, 1.54) is 0 Å². The van der Waals surface area contributed by atoms with E-state index in [-0.39, 0.29) is 5.92 Å². The fourth-order valence-electron chi connectivity index (χ4n) is 2.03. The summed E-state index contributed by atoms with van der Waals surface area (Å²) in [5.74, 6) is -0.958. The number of hydrogen-bond acceptors (Lipinski definition) is 4. The Bertz CT molecular complexity index is 223. The Morgan fingerprint density at radius 1 is 1.44 bits per heavy atom. The average molecular weight is 230 g/mol. The minimum atomic E-state index is -0.689. The Kier molecular flexibility index (Phi) is 5.73. The van der Waals surface area contributed by atoms with Crippen molar-refractivity contribution in [2.45, 2.75) is 6.42 Å². The summed E-state index contributed by atoms with van der Waals surface area (Å²) >= 11 is 0. The van der Waals surface area contributed by atoms with Gasteiger partial charge in [0.15, 0.2) is 0 Å². The molecule has 1 fully saturated rings. The van der Waals surface area contributed by atoms with Gasteiger partial charge in [-0.1, -0.05) is 0 Å². The van der Waals surface area contributed by atoms with Crippen molar-refractivity contribution in [2.75, 3.05) is 53.5 Å². The third-order valence-corrected chi connectivity index (χ3v) is 2.98. The van der Waals surface area contributed by atoms with Gasteiger partial charge in [-0.2, -0.15) is 0 Å². The van der Waals surface area contributed by atoms with Gasteiger partial charge in [0, 0.05) is 46.4 Å². The van der Waals surface area contributed by atoms with Crippen molar-refractivity contribution in [3.8, 4) is 0 Å². The lowest BCUT2D eigenvalue weighted by Gasteiger charge is -2.21. The number of ether oxygens (including phenoxy) is 1. The van der Waals surface area contributed by atoms with Crippen molar-refractivity contribution in [3.63, 3.8) is 0 Å². The highest BCUT2D eigenvalue weighted by molar-refractivity contribution is 5.70. The summed E-state index contributed by atoms with van der Waals surface area (Å²) in [5, 5.41) is 9.09. The lowest BCUT2D eigenvalue weighted by molar-refractivity contribution is -0.142. The predicted octanol–water partition coefficient (Wildman–Crippen LogP) is -0.0289. The number of carboxylic acid groups (broad SMARTS) is 1. The van der Waals surface area contributed by atoms with Crippen LogP contribution in [0.5, 0.6) is 0 Å². The van der Waals surface area contributed by atoms with Crippen LogP contribution in [-0.4, -0.2) is 74.4 Å². The fourth-order valence-corrected chi connectivity index (χ4v) is 2.03. The Balaban J connectivity index is 2.42. The molecule has 1 aliphatic rings. The minimum absolute atomic E-state index is 0.268. The largest absolute Gasteiger partial charge is 0.481 e. The summed E-state index contributed by atoms with van der Waals surface area (Å²) in [5.41, 5.74) is 0. The second kappa shape index (κ2) is 6.83. The quantitative estimate of drug-likeness (QED) is 0.672. The molecule has 0 bridgehead atoms. The van der Waals surface area contributed by atoms with Gasteiger partial charge in [0.1, 0.15) is 0 Å². The number of carbonyl (C=O) groups is 1. The highest BCUT2D eigenvalue weighted by Crippen LogP contribution is 2.09. The number of rotatable bonds is 5. The first-order valence-electron chi connectivity index (χ1n) is 5.76. The third-order valence-electron chi connectivity index (χ3n) is 2.98. The van der Waals surface area contributed by atoms with Crippen molar-refractivity contribution in [1.29, 1.82) is 0 Å². The third kappa shape index (κ3) is 4.47. The number of carboxylic acids is 1. The molecule has 0 amide bonds. The summed E-state index contributed by atoms with van der Waals surface area (Å²) in [6, 6.07) is 0. The molecule has 5 nitrogen and oxygen atoms in total. The first kappa shape index (κ1) is 13.4. The van der Waals surface area contributed by atoms with Crippen LogP contribution in [0.3, 0.4) is 0 Å². The lowest BCUT2D eigenvalue weighted by Crippen LogP contribution is -2.34. The van der Waals surface area contributed by atoms with E-state index in [9.17, 15) is 4.79 Å². The maximum absolute atomic E-state index is 11.1. The normalized spacial score (nSPS) is 24.2. The van der Waals surface area contributed by atoms with E-state index in [1.54, 1.807) is 7.11 Å². The minimum Gasteiger partial charge on any atom is -0.481 e. The number of hydrogen-bond donors (Lipinski definition) is 1. The first-order valence-corrected chi connectivity index (χ1v) is 5.76. The fraction of sp³-hybridized carbons (Fsp3) is 0.909. The molecular formula is C11H22N2O3. The molecule has 0 radical (unpaired) electrons. The van der Waals surface area contributed by atoms with Crippen molar-refractivity contribution in [2.24, 2.45) is 5.92 Å². The van der Waals surface area contributed by atoms with Crippen molar-refractivity contribution >= 4 is 5.97 Å². The van der Waals surface area contributed by atoms with E-state index in [2.05, 4.69) is 9.80 Å². The zero-order valence-electron chi connectivity index (χ0n) is 10.2. The van der Waals surface area contributed by atoms with Gasteiger partial charge in [-0.3, -0.25) is 4.79 Å². The van der Waals surface area contributed by atoms with E-state index in [0.717, 1.165) is 32.7 Å². The van der Waals surface area contributed by atoms with Gasteiger partial charge >= 0.3 is 5.97 Å². The van der Waals surface area contributed by atoms with Crippen molar-refractivity contribution in [3.05, 3.63) is 0 Å². The van der Waals surface area contributed by atoms with Crippen LogP contribution < -0.4 is 0 Å². The molecule has 1 rings (SSSR count). The van der Waals surface area contributed by atoms with Gasteiger partial charge < -0.3 is 19.6 Å². The van der Waals surface area contributed by atoms with Crippen LogP contribution in [0.15, 0.2) is 0 Å². The molecular weight excluding hydrogens is 208 g/mol. The van der Waals surface area contributed by atoms with Crippen molar-refractivity contribution < 1.29 is 14.6 Å². The highest BCUT2D eigenvalue weighted by Gasteiger charge is 2.25. The molecule has 1 atom stereocenters. The smallest absolute Gasteiger partial charge is 0.309 e. The maximum Gasteiger partial charge on any atom is 0.309 e. The van der Waals surface area contributed by atoms with E-state index in [0.29, 0.717) is 13.1 Å². The monoisotopic (exact) mass is 230 g/mol. The molecule has 94 valence electrons. The van der Waals surface area contributed by atoms with Crippen LogP contribution >= 0.6 is 0 Å². The van der Waals surface area contributed by atoms with Gasteiger partial charge in [-0.15, -0.1) is 0 Å². The molecule has 5 heteroatoms. The SMILES string of the molecule is COCCCN1CCN(C)CC(C(=O)O)C1. The van der Waals surface area contributed by atoms with Gasteiger partial charge in [0.2, 0.25) is 0 Å². The van der Waals surface area contributed by atoms with Gasteiger partial charge in [0.25, 0.3) is 0 Å². The van der Waals surface area contributed by atoms with E-state index < -0.39 is 5.97 Å². The molecule has 1 N–H and O–H groups in total. The molecule has 1 saturated heterocycles. The Hall–Kier alpha value is -0.650. The summed E-state index contributed by atoms with van der Waals surface area (Å²) in [6.45, 7) is 4.86. The summed E-state index contributed by atoms with van der Waals surface area (Å²) < 4.78 is 5.01. The van der Waals surface area contributed by atoms with Crippen molar-refractivity contribution in [1.82, 2.24) is 9.80 Å². The molecule has 0 spiro atoms.